The lowest BCUT2D eigenvalue weighted by Gasteiger charge is -2.18. The molecule has 2 aromatic carbocycles. The number of hydrogen-bond donors (Lipinski definition) is 1. The topological polar surface area (TPSA) is 49.4 Å². The number of hydrogen-bond acceptors (Lipinski definition) is 2. The quantitative estimate of drug-likeness (QED) is 0.884. The van der Waals surface area contributed by atoms with Crippen LogP contribution in [0.2, 0.25) is 0 Å². The maximum Gasteiger partial charge on any atom is 0.224 e. The highest BCUT2D eigenvalue weighted by molar-refractivity contribution is 5.91. The van der Waals surface area contributed by atoms with Gasteiger partial charge in [0.15, 0.2) is 0 Å². The summed E-state index contributed by atoms with van der Waals surface area (Å²) in [4.78, 5) is 25.1. The first kappa shape index (κ1) is 17.7. The predicted octanol–water partition coefficient (Wildman–Crippen LogP) is 3.38. The molecule has 2 rings (SSSR count). The van der Waals surface area contributed by atoms with Gasteiger partial charge in [0.25, 0.3) is 0 Å². The summed E-state index contributed by atoms with van der Waals surface area (Å²) < 4.78 is 13.6. The lowest BCUT2D eigenvalue weighted by molar-refractivity contribution is -0.128. The number of nitrogens with zero attached hydrogens (tertiary/aromatic N) is 1. The van der Waals surface area contributed by atoms with E-state index >= 15 is 0 Å². The van der Waals surface area contributed by atoms with Crippen molar-refractivity contribution < 1.29 is 14.0 Å². The van der Waals surface area contributed by atoms with Crippen molar-refractivity contribution in [3.05, 3.63) is 65.5 Å². The van der Waals surface area contributed by atoms with Gasteiger partial charge in [-0.15, -0.1) is 0 Å². The van der Waals surface area contributed by atoms with Gasteiger partial charge < -0.3 is 10.2 Å². The zero-order valence-corrected chi connectivity index (χ0v) is 13.9. The number of rotatable bonds is 6. The molecule has 0 saturated heterocycles. The minimum atomic E-state index is -0.297. The van der Waals surface area contributed by atoms with Gasteiger partial charge in [0, 0.05) is 32.6 Å². The lowest BCUT2D eigenvalue weighted by Crippen LogP contribution is -2.24. The van der Waals surface area contributed by atoms with E-state index in [1.807, 2.05) is 18.2 Å². The average molecular weight is 328 g/mol. The molecule has 2 amide bonds. The molecule has 2 aromatic rings. The molecule has 0 radical (unpaired) electrons. The Labute approximate surface area is 141 Å². The second-order valence-corrected chi connectivity index (χ2v) is 5.67. The van der Waals surface area contributed by atoms with E-state index in [0.717, 1.165) is 5.56 Å². The van der Waals surface area contributed by atoms with Crippen LogP contribution in [0, 0.1) is 5.82 Å². The molecule has 0 aliphatic heterocycles. The van der Waals surface area contributed by atoms with Gasteiger partial charge >= 0.3 is 0 Å². The molecular formula is C19H21FN2O2. The number of aryl methyl sites for hydroxylation is 1. The summed E-state index contributed by atoms with van der Waals surface area (Å²) in [5.41, 5.74) is 2.05. The van der Waals surface area contributed by atoms with Crippen LogP contribution in [0.3, 0.4) is 0 Å². The highest BCUT2D eigenvalue weighted by atomic mass is 19.1. The monoisotopic (exact) mass is 328 g/mol. The van der Waals surface area contributed by atoms with Crippen LogP contribution in [-0.2, 0) is 22.6 Å². The number of amides is 2. The second kappa shape index (κ2) is 8.24. The van der Waals surface area contributed by atoms with Crippen LogP contribution in [-0.4, -0.2) is 23.8 Å². The number of carbonyl (C=O) groups excluding carboxylic acids is 2. The molecule has 126 valence electrons. The van der Waals surface area contributed by atoms with Gasteiger partial charge in [0.05, 0.1) is 0 Å². The van der Waals surface area contributed by atoms with E-state index in [2.05, 4.69) is 5.32 Å². The Balaban J connectivity index is 1.99. The summed E-state index contributed by atoms with van der Waals surface area (Å²) in [5.74, 6) is -0.527. The Morgan fingerprint density at radius 2 is 1.67 bits per heavy atom. The van der Waals surface area contributed by atoms with E-state index in [-0.39, 0.29) is 24.1 Å². The molecule has 0 heterocycles. The molecule has 5 heteroatoms. The third kappa shape index (κ3) is 4.91. The third-order valence-corrected chi connectivity index (χ3v) is 3.82. The number of para-hydroxylation sites is 1. The molecule has 24 heavy (non-hydrogen) atoms. The third-order valence-electron chi connectivity index (χ3n) is 3.82. The number of anilines is 1. The fraction of sp³-hybridized carbons (Fsp3) is 0.263. The predicted molar refractivity (Wildman–Crippen MR) is 91.9 cm³/mol. The summed E-state index contributed by atoms with van der Waals surface area (Å²) >= 11 is 0. The first-order valence-corrected chi connectivity index (χ1v) is 7.80. The summed E-state index contributed by atoms with van der Waals surface area (Å²) in [6.07, 6.45) is 0.534. The average Bonchev–Trinajstić information content (AvgIpc) is 2.55. The molecule has 0 atom stereocenters. The Morgan fingerprint density at radius 1 is 1.04 bits per heavy atom. The Kier molecular flexibility index (Phi) is 6.07. The number of nitrogens with one attached hydrogen (secondary N) is 1. The van der Waals surface area contributed by atoms with E-state index in [4.69, 9.17) is 0 Å². The van der Waals surface area contributed by atoms with Gasteiger partial charge in [-0.2, -0.15) is 0 Å². The van der Waals surface area contributed by atoms with E-state index < -0.39 is 0 Å². The summed E-state index contributed by atoms with van der Waals surface area (Å²) in [6, 6.07) is 13.8. The van der Waals surface area contributed by atoms with Crippen LogP contribution in [0.5, 0.6) is 0 Å². The van der Waals surface area contributed by atoms with Crippen molar-refractivity contribution in [1.29, 1.82) is 0 Å². The molecule has 0 saturated carbocycles. The van der Waals surface area contributed by atoms with E-state index in [9.17, 15) is 14.0 Å². The number of benzene rings is 2. The van der Waals surface area contributed by atoms with Crippen molar-refractivity contribution >= 4 is 17.5 Å². The van der Waals surface area contributed by atoms with Crippen molar-refractivity contribution in [2.75, 3.05) is 12.4 Å². The van der Waals surface area contributed by atoms with Crippen LogP contribution < -0.4 is 5.32 Å². The Bertz CT molecular complexity index is 731. The molecule has 0 aromatic heterocycles. The maximum absolute atomic E-state index is 13.6. The number of halogens is 1. The zero-order chi connectivity index (χ0) is 17.5. The normalized spacial score (nSPS) is 10.3. The lowest BCUT2D eigenvalue weighted by atomic mass is 10.1. The van der Waals surface area contributed by atoms with Crippen molar-refractivity contribution in [2.24, 2.45) is 0 Å². The fourth-order valence-corrected chi connectivity index (χ4v) is 2.31. The van der Waals surface area contributed by atoms with Crippen molar-refractivity contribution in [3.63, 3.8) is 0 Å². The highest BCUT2D eigenvalue weighted by Crippen LogP contribution is 2.18. The Morgan fingerprint density at radius 3 is 2.33 bits per heavy atom. The molecular weight excluding hydrogens is 307 g/mol. The van der Waals surface area contributed by atoms with Gasteiger partial charge in [-0.1, -0.05) is 36.4 Å². The SMILES string of the molecule is CC(=O)N(C)Cc1ccccc1NC(=O)CCc1ccccc1F. The highest BCUT2D eigenvalue weighted by Gasteiger charge is 2.11. The van der Waals surface area contributed by atoms with Crippen molar-refractivity contribution in [2.45, 2.75) is 26.3 Å². The number of carbonyl (C=O) groups is 2. The largest absolute Gasteiger partial charge is 0.342 e. The molecule has 1 N–H and O–H groups in total. The van der Waals surface area contributed by atoms with Gasteiger partial charge in [-0.25, -0.2) is 4.39 Å². The first-order valence-electron chi connectivity index (χ1n) is 7.80. The molecule has 0 spiro atoms. The Hall–Kier alpha value is -2.69. The van der Waals surface area contributed by atoms with E-state index in [1.54, 1.807) is 36.2 Å². The van der Waals surface area contributed by atoms with E-state index in [1.165, 1.54) is 13.0 Å². The molecule has 0 aliphatic rings. The minimum Gasteiger partial charge on any atom is -0.342 e. The van der Waals surface area contributed by atoms with Crippen molar-refractivity contribution in [1.82, 2.24) is 4.90 Å². The van der Waals surface area contributed by atoms with E-state index in [0.29, 0.717) is 24.2 Å². The zero-order valence-electron chi connectivity index (χ0n) is 13.9. The summed E-state index contributed by atoms with van der Waals surface area (Å²) in [6.45, 7) is 1.91. The molecule has 0 unspecified atom stereocenters. The first-order chi connectivity index (χ1) is 11.5. The van der Waals surface area contributed by atoms with Gasteiger partial charge in [0.2, 0.25) is 11.8 Å². The fourth-order valence-electron chi connectivity index (χ4n) is 2.31. The molecule has 0 bridgehead atoms. The van der Waals surface area contributed by atoms with Gasteiger partial charge in [-0.3, -0.25) is 9.59 Å². The summed E-state index contributed by atoms with van der Waals surface area (Å²) in [7, 11) is 1.71. The molecule has 4 nitrogen and oxygen atoms in total. The van der Waals surface area contributed by atoms with Crippen LogP contribution >= 0.6 is 0 Å². The van der Waals surface area contributed by atoms with Crippen LogP contribution in [0.4, 0.5) is 10.1 Å². The second-order valence-electron chi connectivity index (χ2n) is 5.67. The van der Waals surface area contributed by atoms with Crippen LogP contribution in [0.25, 0.3) is 0 Å². The van der Waals surface area contributed by atoms with Crippen LogP contribution in [0.1, 0.15) is 24.5 Å². The summed E-state index contributed by atoms with van der Waals surface area (Å²) in [5, 5.41) is 2.85. The molecule has 0 fully saturated rings. The van der Waals surface area contributed by atoms with Gasteiger partial charge in [-0.05, 0) is 29.7 Å². The molecule has 0 aliphatic carbocycles. The van der Waals surface area contributed by atoms with Crippen LogP contribution in [0.15, 0.2) is 48.5 Å². The standard InChI is InChI=1S/C19H21FN2O2/c1-14(23)22(2)13-16-8-4-6-10-18(16)21-19(24)12-11-15-7-3-5-9-17(15)20/h3-10H,11-13H2,1-2H3,(H,21,24). The van der Waals surface area contributed by atoms with Crippen molar-refractivity contribution in [3.8, 4) is 0 Å². The minimum absolute atomic E-state index is 0.0457. The smallest absolute Gasteiger partial charge is 0.224 e. The van der Waals surface area contributed by atoms with Gasteiger partial charge in [0.1, 0.15) is 5.82 Å². The maximum atomic E-state index is 13.6.